The first-order chi connectivity index (χ1) is 8.84. The SMILES string of the molecule is C=C(CO[C@@H]1CCCNC1)NCc1ccccc1. The van der Waals surface area contributed by atoms with E-state index in [1.165, 1.54) is 12.0 Å². The van der Waals surface area contributed by atoms with Gasteiger partial charge in [-0.05, 0) is 24.9 Å². The molecule has 98 valence electrons. The predicted octanol–water partition coefficient (Wildman–Crippen LogP) is 2.06. The summed E-state index contributed by atoms with van der Waals surface area (Å²) in [6.45, 7) is 7.49. The molecular formula is C15H22N2O. The van der Waals surface area contributed by atoms with Gasteiger partial charge in [0.05, 0.1) is 12.7 Å². The molecule has 0 saturated carbocycles. The Morgan fingerprint density at radius 1 is 1.39 bits per heavy atom. The zero-order valence-electron chi connectivity index (χ0n) is 10.8. The lowest BCUT2D eigenvalue weighted by molar-refractivity contribution is 0.0495. The quantitative estimate of drug-likeness (QED) is 0.806. The molecule has 1 heterocycles. The third-order valence-electron chi connectivity index (χ3n) is 3.13. The number of piperidine rings is 1. The van der Waals surface area contributed by atoms with Gasteiger partial charge >= 0.3 is 0 Å². The van der Waals surface area contributed by atoms with Crippen LogP contribution in [-0.4, -0.2) is 25.8 Å². The molecule has 2 rings (SSSR count). The van der Waals surface area contributed by atoms with E-state index in [-0.39, 0.29) is 0 Å². The van der Waals surface area contributed by atoms with Crippen molar-refractivity contribution in [2.45, 2.75) is 25.5 Å². The smallest absolute Gasteiger partial charge is 0.0860 e. The Morgan fingerprint density at radius 2 is 2.22 bits per heavy atom. The monoisotopic (exact) mass is 246 g/mol. The molecule has 1 aliphatic heterocycles. The Kier molecular flexibility index (Phi) is 5.24. The van der Waals surface area contributed by atoms with Crippen LogP contribution in [0.3, 0.4) is 0 Å². The van der Waals surface area contributed by atoms with Gasteiger partial charge in [0.2, 0.25) is 0 Å². The Bertz CT molecular complexity index is 358. The van der Waals surface area contributed by atoms with E-state index in [2.05, 4.69) is 29.3 Å². The Balaban J connectivity index is 1.63. The third kappa shape index (κ3) is 4.51. The molecule has 0 spiro atoms. The normalized spacial score (nSPS) is 19.4. The lowest BCUT2D eigenvalue weighted by Crippen LogP contribution is -2.36. The average Bonchev–Trinajstić information content (AvgIpc) is 2.45. The summed E-state index contributed by atoms with van der Waals surface area (Å²) in [6.07, 6.45) is 2.70. The summed E-state index contributed by atoms with van der Waals surface area (Å²) in [5.74, 6) is 0. The Hall–Kier alpha value is -1.32. The van der Waals surface area contributed by atoms with Crippen LogP contribution >= 0.6 is 0 Å². The molecular weight excluding hydrogens is 224 g/mol. The minimum absolute atomic E-state index is 0.342. The molecule has 0 aromatic heterocycles. The first-order valence-corrected chi connectivity index (χ1v) is 6.62. The van der Waals surface area contributed by atoms with E-state index in [9.17, 15) is 0 Å². The zero-order chi connectivity index (χ0) is 12.6. The lowest BCUT2D eigenvalue weighted by Gasteiger charge is -2.23. The van der Waals surface area contributed by atoms with E-state index < -0.39 is 0 Å². The van der Waals surface area contributed by atoms with E-state index in [4.69, 9.17) is 4.74 Å². The van der Waals surface area contributed by atoms with Crippen LogP contribution in [0.1, 0.15) is 18.4 Å². The van der Waals surface area contributed by atoms with Crippen LogP contribution in [0.2, 0.25) is 0 Å². The molecule has 1 atom stereocenters. The van der Waals surface area contributed by atoms with Gasteiger partial charge in [-0.3, -0.25) is 0 Å². The van der Waals surface area contributed by atoms with Crippen molar-refractivity contribution < 1.29 is 4.74 Å². The van der Waals surface area contributed by atoms with Gasteiger partial charge in [-0.25, -0.2) is 0 Å². The summed E-state index contributed by atoms with van der Waals surface area (Å²) in [4.78, 5) is 0. The second-order valence-electron chi connectivity index (χ2n) is 4.72. The lowest BCUT2D eigenvalue weighted by atomic mass is 10.1. The van der Waals surface area contributed by atoms with Crippen LogP contribution in [0.15, 0.2) is 42.6 Å². The van der Waals surface area contributed by atoms with Gasteiger partial charge in [0.1, 0.15) is 0 Å². The number of hydrogen-bond acceptors (Lipinski definition) is 3. The highest BCUT2D eigenvalue weighted by molar-refractivity contribution is 5.15. The van der Waals surface area contributed by atoms with E-state index in [1.54, 1.807) is 0 Å². The molecule has 2 N–H and O–H groups in total. The molecule has 0 bridgehead atoms. The molecule has 1 saturated heterocycles. The van der Waals surface area contributed by atoms with E-state index in [0.717, 1.165) is 31.8 Å². The molecule has 0 unspecified atom stereocenters. The van der Waals surface area contributed by atoms with Gasteiger partial charge in [0.25, 0.3) is 0 Å². The Labute approximate surface area is 109 Å². The van der Waals surface area contributed by atoms with Crippen molar-refractivity contribution in [3.8, 4) is 0 Å². The summed E-state index contributed by atoms with van der Waals surface area (Å²) in [5, 5.41) is 6.64. The van der Waals surface area contributed by atoms with Gasteiger partial charge in [0.15, 0.2) is 0 Å². The molecule has 3 heteroatoms. The van der Waals surface area contributed by atoms with E-state index in [1.807, 2.05) is 18.2 Å². The Morgan fingerprint density at radius 3 is 2.94 bits per heavy atom. The summed E-state index contributed by atoms with van der Waals surface area (Å²) >= 11 is 0. The fraction of sp³-hybridized carbons (Fsp3) is 0.467. The van der Waals surface area contributed by atoms with Crippen molar-refractivity contribution in [1.29, 1.82) is 0 Å². The summed E-state index contributed by atoms with van der Waals surface area (Å²) in [6, 6.07) is 10.3. The van der Waals surface area contributed by atoms with Crippen LogP contribution in [0, 0.1) is 0 Å². The molecule has 0 radical (unpaired) electrons. The topological polar surface area (TPSA) is 33.3 Å². The maximum Gasteiger partial charge on any atom is 0.0860 e. The highest BCUT2D eigenvalue weighted by Crippen LogP contribution is 2.07. The zero-order valence-corrected chi connectivity index (χ0v) is 10.8. The van der Waals surface area contributed by atoms with E-state index >= 15 is 0 Å². The summed E-state index contributed by atoms with van der Waals surface area (Å²) < 4.78 is 5.81. The van der Waals surface area contributed by atoms with Crippen LogP contribution < -0.4 is 10.6 Å². The predicted molar refractivity (Wildman–Crippen MR) is 74.3 cm³/mol. The molecule has 1 aliphatic rings. The fourth-order valence-electron chi connectivity index (χ4n) is 2.05. The molecule has 0 aliphatic carbocycles. The minimum Gasteiger partial charge on any atom is -0.383 e. The van der Waals surface area contributed by atoms with Gasteiger partial charge < -0.3 is 15.4 Å². The molecule has 0 amide bonds. The highest BCUT2D eigenvalue weighted by Gasteiger charge is 2.12. The van der Waals surface area contributed by atoms with Gasteiger partial charge in [-0.2, -0.15) is 0 Å². The molecule has 1 fully saturated rings. The number of hydrogen-bond donors (Lipinski definition) is 2. The number of nitrogens with one attached hydrogen (secondary N) is 2. The van der Waals surface area contributed by atoms with Crippen LogP contribution in [-0.2, 0) is 11.3 Å². The molecule has 3 nitrogen and oxygen atoms in total. The van der Waals surface area contributed by atoms with Gasteiger partial charge in [-0.15, -0.1) is 0 Å². The van der Waals surface area contributed by atoms with Crippen LogP contribution in [0.5, 0.6) is 0 Å². The van der Waals surface area contributed by atoms with Crippen molar-refractivity contribution in [3.05, 3.63) is 48.2 Å². The molecule has 1 aromatic rings. The summed E-state index contributed by atoms with van der Waals surface area (Å²) in [5.41, 5.74) is 2.21. The average molecular weight is 246 g/mol. The van der Waals surface area contributed by atoms with Gasteiger partial charge in [0, 0.05) is 18.8 Å². The largest absolute Gasteiger partial charge is 0.383 e. The maximum absolute atomic E-state index is 5.81. The molecule has 18 heavy (non-hydrogen) atoms. The first-order valence-electron chi connectivity index (χ1n) is 6.62. The van der Waals surface area contributed by atoms with Crippen LogP contribution in [0.25, 0.3) is 0 Å². The standard InChI is InChI=1S/C15H22N2O/c1-13(12-18-15-8-5-9-16-11-15)17-10-14-6-3-2-4-7-14/h2-4,6-7,15-17H,1,5,8-12H2/t15-/m1/s1. The second kappa shape index (κ2) is 7.19. The fourth-order valence-corrected chi connectivity index (χ4v) is 2.05. The van der Waals surface area contributed by atoms with Crippen LogP contribution in [0.4, 0.5) is 0 Å². The van der Waals surface area contributed by atoms with Crippen molar-refractivity contribution in [1.82, 2.24) is 10.6 Å². The highest BCUT2D eigenvalue weighted by atomic mass is 16.5. The van der Waals surface area contributed by atoms with Crippen molar-refractivity contribution in [2.24, 2.45) is 0 Å². The minimum atomic E-state index is 0.342. The third-order valence-corrected chi connectivity index (χ3v) is 3.13. The van der Waals surface area contributed by atoms with E-state index in [0.29, 0.717) is 12.7 Å². The second-order valence-corrected chi connectivity index (χ2v) is 4.72. The number of benzene rings is 1. The maximum atomic E-state index is 5.81. The first kappa shape index (κ1) is 13.1. The summed E-state index contributed by atoms with van der Waals surface area (Å²) in [7, 11) is 0. The van der Waals surface area contributed by atoms with Crippen molar-refractivity contribution in [3.63, 3.8) is 0 Å². The number of rotatable bonds is 6. The van der Waals surface area contributed by atoms with Crippen molar-refractivity contribution in [2.75, 3.05) is 19.7 Å². The van der Waals surface area contributed by atoms with Gasteiger partial charge in [-0.1, -0.05) is 36.9 Å². The molecule has 1 aromatic carbocycles. The number of ether oxygens (including phenoxy) is 1. The van der Waals surface area contributed by atoms with Crippen molar-refractivity contribution >= 4 is 0 Å².